The third-order valence-corrected chi connectivity index (χ3v) is 9.59. The second-order valence-electron chi connectivity index (χ2n) is 11.2. The minimum Gasteiger partial charge on any atom is -0.493 e. The van der Waals surface area contributed by atoms with Gasteiger partial charge in [0.2, 0.25) is 11.8 Å². The number of aliphatic carboxylic acids is 2. The number of carbonyl (C=O) groups is 4. The van der Waals surface area contributed by atoms with Gasteiger partial charge < -0.3 is 39.0 Å². The Labute approximate surface area is 277 Å². The second kappa shape index (κ2) is 14.7. The minimum absolute atomic E-state index is 0.0616. The van der Waals surface area contributed by atoms with Gasteiger partial charge in [0.1, 0.15) is 0 Å². The van der Waals surface area contributed by atoms with Crippen molar-refractivity contribution in [1.29, 1.82) is 0 Å². The van der Waals surface area contributed by atoms with Crippen LogP contribution in [0.1, 0.15) is 55.4 Å². The van der Waals surface area contributed by atoms with Gasteiger partial charge in [-0.3, -0.25) is 19.2 Å². The molecular weight excluding hydrogens is 720 g/mol. The van der Waals surface area contributed by atoms with E-state index in [1.165, 1.54) is 21.0 Å². The molecule has 2 unspecified atom stereocenters. The van der Waals surface area contributed by atoms with Crippen molar-refractivity contribution in [3.63, 3.8) is 0 Å². The summed E-state index contributed by atoms with van der Waals surface area (Å²) < 4.78 is 24.7. The van der Waals surface area contributed by atoms with E-state index < -0.39 is 23.8 Å². The van der Waals surface area contributed by atoms with Crippen LogP contribution in [0.4, 0.5) is 0 Å². The Balaban J connectivity index is 1.36. The predicted octanol–water partition coefficient (Wildman–Crippen LogP) is 4.98. The van der Waals surface area contributed by atoms with E-state index in [1.54, 1.807) is 16.9 Å². The molecule has 12 nitrogen and oxygen atoms in total. The molecule has 2 aliphatic rings. The first-order valence-corrected chi connectivity index (χ1v) is 16.0. The number of hydrogen-bond acceptors (Lipinski definition) is 8. The fraction of sp³-hybridized carbons (Fsp3) is 0.484. The standard InChI is InChI=1S/C31H36Br2N2O10/c1-16(30(38)39)8-24(36)34-12-18-10-22(42-3)23(11-19(18)13-34)44-6-5-7-45-29-27(33)21-15-35(25(37)9-17(2)31(40)41)14-20(21)26(32)28(29)43-4/h10-11,16-17H,5-9,12-15H2,1-4H3,(H,38,39)(H,40,41). The molecule has 244 valence electrons. The van der Waals surface area contributed by atoms with Crippen molar-refractivity contribution in [2.75, 3.05) is 27.4 Å². The number of hydrogen-bond donors (Lipinski definition) is 2. The summed E-state index contributed by atoms with van der Waals surface area (Å²) >= 11 is 7.24. The molecule has 14 heteroatoms. The Hall–Kier alpha value is -3.52. The summed E-state index contributed by atoms with van der Waals surface area (Å²) in [4.78, 5) is 51.0. The van der Waals surface area contributed by atoms with Gasteiger partial charge in [-0.15, -0.1) is 0 Å². The van der Waals surface area contributed by atoms with Crippen molar-refractivity contribution < 1.29 is 48.3 Å². The van der Waals surface area contributed by atoms with Gasteiger partial charge in [-0.1, -0.05) is 13.8 Å². The summed E-state index contributed by atoms with van der Waals surface area (Å²) in [6.07, 6.45) is 0.365. The van der Waals surface area contributed by atoms with Gasteiger partial charge in [0.25, 0.3) is 0 Å². The molecule has 45 heavy (non-hydrogen) atoms. The lowest BCUT2D eigenvalue weighted by atomic mass is 10.1. The number of halogens is 2. The van der Waals surface area contributed by atoms with Crippen molar-refractivity contribution in [3.8, 4) is 23.0 Å². The second-order valence-corrected chi connectivity index (χ2v) is 12.7. The molecule has 0 aliphatic carbocycles. The summed E-state index contributed by atoms with van der Waals surface area (Å²) in [7, 11) is 3.07. The number of carboxylic acid groups (broad SMARTS) is 2. The molecule has 0 saturated heterocycles. The fourth-order valence-electron chi connectivity index (χ4n) is 5.22. The van der Waals surface area contributed by atoms with Crippen LogP contribution < -0.4 is 18.9 Å². The number of carboxylic acids is 2. The van der Waals surface area contributed by atoms with Crippen molar-refractivity contribution in [2.45, 2.75) is 59.3 Å². The molecule has 2 amide bonds. The summed E-state index contributed by atoms with van der Waals surface area (Å²) in [6, 6.07) is 3.69. The minimum atomic E-state index is -1.01. The summed E-state index contributed by atoms with van der Waals surface area (Å²) in [5, 5.41) is 18.3. The van der Waals surface area contributed by atoms with Crippen LogP contribution in [0.25, 0.3) is 0 Å². The highest BCUT2D eigenvalue weighted by Crippen LogP contribution is 2.49. The maximum Gasteiger partial charge on any atom is 0.306 e. The lowest BCUT2D eigenvalue weighted by Crippen LogP contribution is -2.28. The number of carbonyl (C=O) groups excluding carboxylic acids is 2. The van der Waals surface area contributed by atoms with Crippen LogP contribution in [0.3, 0.4) is 0 Å². The maximum atomic E-state index is 12.8. The number of amides is 2. The quantitative estimate of drug-likeness (QED) is 0.253. The van der Waals surface area contributed by atoms with E-state index in [9.17, 15) is 24.3 Å². The topological polar surface area (TPSA) is 152 Å². The van der Waals surface area contributed by atoms with E-state index in [0.717, 1.165) is 22.3 Å². The Kier molecular flexibility index (Phi) is 11.2. The Morgan fingerprint density at radius 2 is 1.20 bits per heavy atom. The number of fused-ring (bicyclic) bond motifs is 2. The number of rotatable bonds is 14. The summed E-state index contributed by atoms with van der Waals surface area (Å²) in [5.41, 5.74) is 3.57. The van der Waals surface area contributed by atoms with Crippen molar-refractivity contribution >= 4 is 55.6 Å². The van der Waals surface area contributed by atoms with Crippen LogP contribution in [0.15, 0.2) is 21.1 Å². The highest BCUT2D eigenvalue weighted by molar-refractivity contribution is 9.11. The molecule has 0 fully saturated rings. The zero-order valence-corrected chi connectivity index (χ0v) is 28.7. The summed E-state index contributed by atoms with van der Waals surface area (Å²) in [6.45, 7) is 5.00. The highest BCUT2D eigenvalue weighted by atomic mass is 79.9. The first kappa shape index (κ1) is 34.4. The van der Waals surface area contributed by atoms with Gasteiger partial charge in [0, 0.05) is 45.4 Å². The van der Waals surface area contributed by atoms with Gasteiger partial charge in [0.05, 0.1) is 48.2 Å². The first-order chi connectivity index (χ1) is 21.4. The largest absolute Gasteiger partial charge is 0.493 e. The average molecular weight is 756 g/mol. The average Bonchev–Trinajstić information content (AvgIpc) is 3.64. The molecule has 0 saturated carbocycles. The van der Waals surface area contributed by atoms with Crippen LogP contribution in [0, 0.1) is 11.8 Å². The van der Waals surface area contributed by atoms with E-state index in [4.69, 9.17) is 24.1 Å². The van der Waals surface area contributed by atoms with Crippen LogP contribution in [-0.2, 0) is 45.4 Å². The van der Waals surface area contributed by atoms with Gasteiger partial charge in [-0.25, -0.2) is 0 Å². The first-order valence-electron chi connectivity index (χ1n) is 14.4. The zero-order chi connectivity index (χ0) is 33.0. The van der Waals surface area contributed by atoms with E-state index in [2.05, 4.69) is 31.9 Å². The van der Waals surface area contributed by atoms with E-state index in [0.29, 0.717) is 71.2 Å². The maximum absolute atomic E-state index is 12.8. The number of methoxy groups -OCH3 is 2. The highest BCUT2D eigenvalue weighted by Gasteiger charge is 2.33. The van der Waals surface area contributed by atoms with Gasteiger partial charge in [-0.05, 0) is 66.2 Å². The lowest BCUT2D eigenvalue weighted by Gasteiger charge is -2.18. The van der Waals surface area contributed by atoms with Gasteiger partial charge in [0.15, 0.2) is 23.0 Å². The van der Waals surface area contributed by atoms with Crippen LogP contribution >= 0.6 is 31.9 Å². The lowest BCUT2D eigenvalue weighted by molar-refractivity contribution is -0.145. The number of nitrogens with zero attached hydrogens (tertiary/aromatic N) is 2. The normalized spacial score (nSPS) is 14.8. The van der Waals surface area contributed by atoms with Crippen LogP contribution in [0.5, 0.6) is 23.0 Å². The number of benzene rings is 2. The molecule has 2 heterocycles. The SMILES string of the molecule is COc1cc2c(cc1OCCCOc1c(Br)c3c(c(Br)c1OC)CN(C(=O)CC(C)C(=O)O)C3)CN(C(=O)CC(C)C(=O)O)C2. The van der Waals surface area contributed by atoms with Gasteiger partial charge in [-0.2, -0.15) is 0 Å². The van der Waals surface area contributed by atoms with E-state index >= 15 is 0 Å². The Bertz CT molecular complexity index is 1500. The van der Waals surface area contributed by atoms with Crippen LogP contribution in [-0.4, -0.2) is 71.2 Å². The molecule has 2 aliphatic heterocycles. The third-order valence-electron chi connectivity index (χ3n) is 7.91. The summed E-state index contributed by atoms with van der Waals surface area (Å²) in [5.74, 6) is -1.98. The Morgan fingerprint density at radius 3 is 1.69 bits per heavy atom. The molecule has 2 atom stereocenters. The molecule has 0 radical (unpaired) electrons. The monoisotopic (exact) mass is 754 g/mol. The molecule has 2 N–H and O–H groups in total. The Morgan fingerprint density at radius 1 is 0.733 bits per heavy atom. The smallest absolute Gasteiger partial charge is 0.306 e. The molecule has 0 spiro atoms. The molecule has 0 bridgehead atoms. The predicted molar refractivity (Wildman–Crippen MR) is 168 cm³/mol. The fourth-order valence-corrected chi connectivity index (χ4v) is 6.59. The van der Waals surface area contributed by atoms with E-state index in [-0.39, 0.29) is 31.3 Å². The molecule has 0 aromatic heterocycles. The number of ether oxygens (including phenoxy) is 4. The molecule has 2 aromatic carbocycles. The van der Waals surface area contributed by atoms with Crippen molar-refractivity contribution in [1.82, 2.24) is 9.80 Å². The molecular formula is C31H36Br2N2O10. The van der Waals surface area contributed by atoms with Crippen molar-refractivity contribution in [2.24, 2.45) is 11.8 Å². The van der Waals surface area contributed by atoms with E-state index in [1.807, 2.05) is 12.1 Å². The van der Waals surface area contributed by atoms with Crippen molar-refractivity contribution in [3.05, 3.63) is 43.3 Å². The van der Waals surface area contributed by atoms with Gasteiger partial charge >= 0.3 is 11.9 Å². The molecule has 2 aromatic rings. The third kappa shape index (κ3) is 7.66. The zero-order valence-electron chi connectivity index (χ0n) is 25.5. The van der Waals surface area contributed by atoms with Crippen LogP contribution in [0.2, 0.25) is 0 Å². The molecule has 4 rings (SSSR count).